The van der Waals surface area contributed by atoms with Crippen LogP contribution in [0.4, 0.5) is 0 Å². The van der Waals surface area contributed by atoms with Crippen LogP contribution < -0.4 is 9.47 Å². The monoisotopic (exact) mass is 357 g/mol. The summed E-state index contributed by atoms with van der Waals surface area (Å²) < 4.78 is 16.5. The quantitative estimate of drug-likeness (QED) is 0.859. The molecule has 6 heteroatoms. The number of carbonyl (C=O) groups excluding carboxylic acids is 1. The van der Waals surface area contributed by atoms with E-state index in [1.54, 1.807) is 30.2 Å². The molecule has 0 radical (unpaired) electrons. The van der Waals surface area contributed by atoms with Crippen molar-refractivity contribution < 1.29 is 24.1 Å². The molecule has 26 heavy (non-hydrogen) atoms. The van der Waals surface area contributed by atoms with Gasteiger partial charge in [0, 0.05) is 19.5 Å². The first-order valence-corrected chi connectivity index (χ1v) is 8.59. The van der Waals surface area contributed by atoms with Gasteiger partial charge in [-0.3, -0.25) is 4.79 Å². The number of nitrogens with zero attached hydrogens (tertiary/aromatic N) is 1. The van der Waals surface area contributed by atoms with E-state index in [2.05, 4.69) is 0 Å². The molecule has 1 aliphatic heterocycles. The molecule has 0 bridgehead atoms. The summed E-state index contributed by atoms with van der Waals surface area (Å²) in [6.07, 6.45) is 0.645. The van der Waals surface area contributed by atoms with E-state index in [1.807, 2.05) is 24.3 Å². The van der Waals surface area contributed by atoms with Gasteiger partial charge in [-0.2, -0.15) is 0 Å². The SMILES string of the molecule is COc1cccc(C[C@@H]2CN(C(=O)COc3ccccc3O)CCO2)c1. The average Bonchev–Trinajstić information content (AvgIpc) is 2.67. The van der Waals surface area contributed by atoms with Crippen molar-refractivity contribution in [3.63, 3.8) is 0 Å². The normalized spacial score (nSPS) is 17.0. The lowest BCUT2D eigenvalue weighted by Gasteiger charge is -2.33. The first-order valence-electron chi connectivity index (χ1n) is 8.59. The third-order valence-electron chi connectivity index (χ3n) is 4.31. The Morgan fingerprint density at radius 2 is 2.12 bits per heavy atom. The van der Waals surface area contributed by atoms with Crippen LogP contribution in [0.15, 0.2) is 48.5 Å². The number of carbonyl (C=O) groups is 1. The number of ether oxygens (including phenoxy) is 3. The van der Waals surface area contributed by atoms with Crippen molar-refractivity contribution in [3.8, 4) is 17.2 Å². The topological polar surface area (TPSA) is 68.2 Å². The maximum absolute atomic E-state index is 12.4. The molecule has 0 aliphatic carbocycles. The number of para-hydroxylation sites is 2. The molecule has 2 aromatic carbocycles. The zero-order chi connectivity index (χ0) is 18.4. The molecule has 138 valence electrons. The predicted molar refractivity (Wildman–Crippen MR) is 96.6 cm³/mol. The molecule has 1 N–H and O–H groups in total. The Bertz CT molecular complexity index is 748. The molecule has 0 unspecified atom stereocenters. The molecular weight excluding hydrogens is 334 g/mol. The Morgan fingerprint density at radius 3 is 2.92 bits per heavy atom. The number of amides is 1. The van der Waals surface area contributed by atoms with Crippen LogP contribution in [0.5, 0.6) is 17.2 Å². The van der Waals surface area contributed by atoms with Crippen LogP contribution in [-0.4, -0.2) is 55.4 Å². The van der Waals surface area contributed by atoms with E-state index in [9.17, 15) is 9.90 Å². The van der Waals surface area contributed by atoms with E-state index in [0.29, 0.717) is 31.9 Å². The zero-order valence-corrected chi connectivity index (χ0v) is 14.8. The molecule has 2 aromatic rings. The molecule has 3 rings (SSSR count). The zero-order valence-electron chi connectivity index (χ0n) is 14.8. The summed E-state index contributed by atoms with van der Waals surface area (Å²) in [5.41, 5.74) is 1.11. The second-order valence-corrected chi connectivity index (χ2v) is 6.14. The van der Waals surface area contributed by atoms with Crippen molar-refractivity contribution in [1.29, 1.82) is 0 Å². The van der Waals surface area contributed by atoms with Gasteiger partial charge in [0.25, 0.3) is 5.91 Å². The van der Waals surface area contributed by atoms with Crippen LogP contribution in [-0.2, 0) is 16.0 Å². The van der Waals surface area contributed by atoms with Crippen LogP contribution in [0.3, 0.4) is 0 Å². The Morgan fingerprint density at radius 1 is 1.27 bits per heavy atom. The number of benzene rings is 2. The largest absolute Gasteiger partial charge is 0.504 e. The number of phenols is 1. The van der Waals surface area contributed by atoms with Gasteiger partial charge in [-0.15, -0.1) is 0 Å². The van der Waals surface area contributed by atoms with Crippen LogP contribution in [0.2, 0.25) is 0 Å². The van der Waals surface area contributed by atoms with Gasteiger partial charge in [-0.25, -0.2) is 0 Å². The molecular formula is C20H23NO5. The Hall–Kier alpha value is -2.73. The smallest absolute Gasteiger partial charge is 0.260 e. The van der Waals surface area contributed by atoms with Crippen molar-refractivity contribution in [1.82, 2.24) is 4.90 Å². The molecule has 0 spiro atoms. The van der Waals surface area contributed by atoms with Gasteiger partial charge < -0.3 is 24.2 Å². The summed E-state index contributed by atoms with van der Waals surface area (Å²) in [7, 11) is 1.64. The minimum atomic E-state index is -0.118. The van der Waals surface area contributed by atoms with Gasteiger partial charge in [0.1, 0.15) is 5.75 Å². The van der Waals surface area contributed by atoms with E-state index in [0.717, 1.165) is 11.3 Å². The fourth-order valence-electron chi connectivity index (χ4n) is 2.94. The summed E-state index contributed by atoms with van der Waals surface area (Å²) in [5, 5.41) is 9.70. The van der Waals surface area contributed by atoms with E-state index in [4.69, 9.17) is 14.2 Å². The van der Waals surface area contributed by atoms with Crippen molar-refractivity contribution in [2.45, 2.75) is 12.5 Å². The number of phenolic OH excluding ortho intramolecular Hbond substituents is 1. The number of methoxy groups -OCH3 is 1. The maximum atomic E-state index is 12.4. The Labute approximate surface area is 152 Å². The molecule has 1 heterocycles. The third kappa shape index (κ3) is 4.67. The molecule has 6 nitrogen and oxygen atoms in total. The number of hydrogen-bond donors (Lipinski definition) is 1. The molecule has 0 aromatic heterocycles. The first kappa shape index (κ1) is 18.1. The molecule has 0 saturated carbocycles. The van der Waals surface area contributed by atoms with Gasteiger partial charge in [0.2, 0.25) is 0 Å². The van der Waals surface area contributed by atoms with Gasteiger partial charge >= 0.3 is 0 Å². The highest BCUT2D eigenvalue weighted by Gasteiger charge is 2.25. The molecule has 1 fully saturated rings. The Balaban J connectivity index is 1.54. The fraction of sp³-hybridized carbons (Fsp3) is 0.350. The van der Waals surface area contributed by atoms with Crippen LogP contribution in [0, 0.1) is 0 Å². The van der Waals surface area contributed by atoms with Crippen molar-refractivity contribution in [2.24, 2.45) is 0 Å². The summed E-state index contributed by atoms with van der Waals surface area (Å²) >= 11 is 0. The number of morpholine rings is 1. The van der Waals surface area contributed by atoms with Crippen molar-refractivity contribution >= 4 is 5.91 Å². The maximum Gasteiger partial charge on any atom is 0.260 e. The van der Waals surface area contributed by atoms with Gasteiger partial charge in [-0.05, 0) is 29.8 Å². The third-order valence-corrected chi connectivity index (χ3v) is 4.31. The highest BCUT2D eigenvalue weighted by molar-refractivity contribution is 5.78. The average molecular weight is 357 g/mol. The summed E-state index contributed by atoms with van der Waals surface area (Å²) in [6.45, 7) is 1.44. The minimum absolute atomic E-state index is 0.0261. The number of rotatable bonds is 6. The number of aromatic hydroxyl groups is 1. The van der Waals surface area contributed by atoms with Crippen LogP contribution in [0.25, 0.3) is 0 Å². The van der Waals surface area contributed by atoms with Crippen LogP contribution >= 0.6 is 0 Å². The van der Waals surface area contributed by atoms with E-state index >= 15 is 0 Å². The van der Waals surface area contributed by atoms with Gasteiger partial charge in [-0.1, -0.05) is 24.3 Å². The second kappa shape index (κ2) is 8.58. The van der Waals surface area contributed by atoms with Crippen molar-refractivity contribution in [3.05, 3.63) is 54.1 Å². The number of hydrogen-bond acceptors (Lipinski definition) is 5. The fourth-order valence-corrected chi connectivity index (χ4v) is 2.94. The lowest BCUT2D eigenvalue weighted by atomic mass is 10.1. The van der Waals surface area contributed by atoms with Gasteiger partial charge in [0.15, 0.2) is 18.1 Å². The highest BCUT2D eigenvalue weighted by Crippen LogP contribution is 2.24. The first-order chi connectivity index (χ1) is 12.7. The molecule has 1 saturated heterocycles. The molecule has 1 atom stereocenters. The van der Waals surface area contributed by atoms with Crippen LogP contribution in [0.1, 0.15) is 5.56 Å². The lowest BCUT2D eigenvalue weighted by molar-refractivity contribution is -0.140. The predicted octanol–water partition coefficient (Wildman–Crippen LogP) is 2.25. The van der Waals surface area contributed by atoms with Crippen molar-refractivity contribution in [2.75, 3.05) is 33.4 Å². The molecule has 1 amide bonds. The summed E-state index contributed by atoms with van der Waals surface area (Å²) in [5.74, 6) is 1.02. The summed E-state index contributed by atoms with van der Waals surface area (Å²) in [6, 6.07) is 14.5. The lowest BCUT2D eigenvalue weighted by Crippen LogP contribution is -2.47. The highest BCUT2D eigenvalue weighted by atomic mass is 16.5. The summed E-state index contributed by atoms with van der Waals surface area (Å²) in [4.78, 5) is 14.2. The van der Waals surface area contributed by atoms with E-state index in [-0.39, 0.29) is 24.4 Å². The standard InChI is InChI=1S/C20H23NO5/c1-24-16-6-4-5-15(11-16)12-17-13-21(9-10-25-17)20(23)14-26-19-8-3-2-7-18(19)22/h2-8,11,17,22H,9-10,12-14H2,1H3/t17-/m1/s1. The minimum Gasteiger partial charge on any atom is -0.504 e. The Kier molecular flexibility index (Phi) is 5.96. The second-order valence-electron chi connectivity index (χ2n) is 6.14. The molecule has 1 aliphatic rings. The van der Waals surface area contributed by atoms with E-state index < -0.39 is 0 Å². The van der Waals surface area contributed by atoms with Gasteiger partial charge in [0.05, 0.1) is 19.8 Å². The van der Waals surface area contributed by atoms with E-state index in [1.165, 1.54) is 6.07 Å².